The largest absolute Gasteiger partial charge is 0.460 e. The average Bonchev–Trinajstić information content (AvgIpc) is 2.97. The number of thiophene rings is 1. The van der Waals surface area contributed by atoms with Crippen molar-refractivity contribution < 1.29 is 14.3 Å². The van der Waals surface area contributed by atoms with E-state index in [1.54, 1.807) is 34.0 Å². The summed E-state index contributed by atoms with van der Waals surface area (Å²) < 4.78 is 13.9. The molecule has 3 heterocycles. The molecule has 0 unspecified atom stereocenters. The van der Waals surface area contributed by atoms with E-state index < -0.39 is 0 Å². The van der Waals surface area contributed by atoms with Crippen LogP contribution in [0.1, 0.15) is 16.7 Å². The SMILES string of the molecule is CC(=O)OCc1sc(CN2CCOCC2)c2sc(=S)sc12. The van der Waals surface area contributed by atoms with E-state index in [9.17, 15) is 4.79 Å². The molecule has 1 aliphatic rings. The summed E-state index contributed by atoms with van der Waals surface area (Å²) in [6.45, 7) is 6.24. The van der Waals surface area contributed by atoms with Gasteiger partial charge in [0.15, 0.2) is 0 Å². The van der Waals surface area contributed by atoms with Crippen molar-refractivity contribution in [3.05, 3.63) is 12.9 Å². The van der Waals surface area contributed by atoms with Gasteiger partial charge in [-0.05, 0) is 0 Å². The Morgan fingerprint density at radius 1 is 1.24 bits per heavy atom. The van der Waals surface area contributed by atoms with Crippen LogP contribution in [0, 0.1) is 3.14 Å². The van der Waals surface area contributed by atoms with Gasteiger partial charge in [0.05, 0.1) is 27.5 Å². The molecule has 4 nitrogen and oxygen atoms in total. The van der Waals surface area contributed by atoms with Crippen molar-refractivity contribution >= 4 is 61.6 Å². The van der Waals surface area contributed by atoms with Crippen LogP contribution in [0.25, 0.3) is 9.40 Å². The number of carbonyl (C=O) groups excluding carboxylic acids is 1. The summed E-state index contributed by atoms with van der Waals surface area (Å²) in [5.74, 6) is -0.245. The van der Waals surface area contributed by atoms with Crippen LogP contribution in [0.3, 0.4) is 0 Å². The number of carbonyl (C=O) groups is 1. The van der Waals surface area contributed by atoms with Gasteiger partial charge in [-0.25, -0.2) is 0 Å². The normalized spacial score (nSPS) is 16.4. The Bertz CT molecular complexity index is 696. The van der Waals surface area contributed by atoms with Gasteiger partial charge < -0.3 is 9.47 Å². The molecule has 3 rings (SSSR count). The fourth-order valence-corrected chi connectivity index (χ4v) is 6.43. The number of rotatable bonds is 4. The van der Waals surface area contributed by atoms with E-state index in [1.165, 1.54) is 21.2 Å². The van der Waals surface area contributed by atoms with Crippen molar-refractivity contribution in [1.29, 1.82) is 0 Å². The van der Waals surface area contributed by atoms with Crippen molar-refractivity contribution in [1.82, 2.24) is 4.90 Å². The van der Waals surface area contributed by atoms with Crippen molar-refractivity contribution in [2.24, 2.45) is 0 Å². The second kappa shape index (κ2) is 6.80. The van der Waals surface area contributed by atoms with E-state index in [1.807, 2.05) is 0 Å². The number of esters is 1. The van der Waals surface area contributed by atoms with Gasteiger partial charge in [-0.15, -0.1) is 34.0 Å². The Balaban J connectivity index is 1.86. The number of nitrogens with zero attached hydrogens (tertiary/aromatic N) is 1. The first kappa shape index (κ1) is 15.5. The Hall–Kier alpha value is -0.380. The maximum Gasteiger partial charge on any atom is 0.302 e. The predicted octanol–water partition coefficient (Wildman–Crippen LogP) is 3.65. The maximum atomic E-state index is 11.0. The molecule has 0 N–H and O–H groups in total. The Morgan fingerprint density at radius 3 is 2.57 bits per heavy atom. The van der Waals surface area contributed by atoms with Crippen molar-refractivity contribution in [2.75, 3.05) is 26.3 Å². The Labute approximate surface area is 139 Å². The van der Waals surface area contributed by atoms with Crippen molar-refractivity contribution in [2.45, 2.75) is 20.1 Å². The van der Waals surface area contributed by atoms with E-state index >= 15 is 0 Å². The van der Waals surface area contributed by atoms with Crippen LogP contribution in [0.15, 0.2) is 0 Å². The molecule has 0 spiro atoms. The van der Waals surface area contributed by atoms with Crippen molar-refractivity contribution in [3.63, 3.8) is 0 Å². The third-order valence-corrected chi connectivity index (χ3v) is 7.39. The minimum absolute atomic E-state index is 0.245. The lowest BCUT2D eigenvalue weighted by atomic mass is 10.3. The maximum absolute atomic E-state index is 11.0. The quantitative estimate of drug-likeness (QED) is 0.614. The number of hydrogen-bond acceptors (Lipinski definition) is 8. The third kappa shape index (κ3) is 3.69. The average molecular weight is 362 g/mol. The summed E-state index contributed by atoms with van der Waals surface area (Å²) in [5, 5.41) is 0. The van der Waals surface area contributed by atoms with E-state index in [4.69, 9.17) is 21.7 Å². The molecule has 21 heavy (non-hydrogen) atoms. The van der Waals surface area contributed by atoms with Gasteiger partial charge >= 0.3 is 5.97 Å². The van der Waals surface area contributed by atoms with Crippen LogP contribution < -0.4 is 0 Å². The zero-order valence-corrected chi connectivity index (χ0v) is 14.8. The van der Waals surface area contributed by atoms with Crippen LogP contribution in [0.4, 0.5) is 0 Å². The lowest BCUT2D eigenvalue weighted by Gasteiger charge is -2.25. The highest BCUT2D eigenvalue weighted by atomic mass is 32.2. The first-order valence-corrected chi connectivity index (χ1v) is 9.47. The molecule has 0 bridgehead atoms. The van der Waals surface area contributed by atoms with Crippen LogP contribution in [0.2, 0.25) is 0 Å². The minimum Gasteiger partial charge on any atom is -0.460 e. The standard InChI is InChI=1S/C13H15NO3S4/c1-8(15)17-7-10-12-11(20-13(18)21-12)9(19-10)6-14-2-4-16-5-3-14/h2-7H2,1H3. The van der Waals surface area contributed by atoms with Gasteiger partial charge in [0.2, 0.25) is 0 Å². The van der Waals surface area contributed by atoms with Crippen LogP contribution in [-0.4, -0.2) is 37.2 Å². The van der Waals surface area contributed by atoms with Gasteiger partial charge in [-0.1, -0.05) is 12.2 Å². The molecule has 2 aromatic heterocycles. The summed E-state index contributed by atoms with van der Waals surface area (Å²) >= 11 is 10.4. The molecule has 0 aromatic carbocycles. The molecule has 0 saturated carbocycles. The number of ether oxygens (including phenoxy) is 2. The van der Waals surface area contributed by atoms with E-state index in [0.717, 1.165) is 40.9 Å². The second-order valence-corrected chi connectivity index (χ2v) is 9.14. The molecule has 0 amide bonds. The summed E-state index contributed by atoms with van der Waals surface area (Å²) in [5.41, 5.74) is 0. The van der Waals surface area contributed by atoms with Crippen LogP contribution in [-0.2, 0) is 27.4 Å². The minimum atomic E-state index is -0.245. The fraction of sp³-hybridized carbons (Fsp3) is 0.538. The van der Waals surface area contributed by atoms with Gasteiger partial charge in [-0.2, -0.15) is 0 Å². The van der Waals surface area contributed by atoms with Gasteiger partial charge in [0, 0.05) is 31.4 Å². The lowest BCUT2D eigenvalue weighted by Crippen LogP contribution is -2.35. The Kier molecular flexibility index (Phi) is 5.03. The highest BCUT2D eigenvalue weighted by Gasteiger charge is 2.19. The fourth-order valence-electron chi connectivity index (χ4n) is 2.22. The number of morpholine rings is 1. The zero-order valence-electron chi connectivity index (χ0n) is 11.5. The highest BCUT2D eigenvalue weighted by Crippen LogP contribution is 2.40. The summed E-state index contributed by atoms with van der Waals surface area (Å²) in [4.78, 5) is 15.9. The zero-order chi connectivity index (χ0) is 14.8. The third-order valence-electron chi connectivity index (χ3n) is 3.21. The molecular weight excluding hydrogens is 346 g/mol. The smallest absolute Gasteiger partial charge is 0.302 e. The molecule has 8 heteroatoms. The Morgan fingerprint density at radius 2 is 1.90 bits per heavy atom. The number of hydrogen-bond donors (Lipinski definition) is 0. The molecule has 1 fully saturated rings. The topological polar surface area (TPSA) is 38.8 Å². The van der Waals surface area contributed by atoms with E-state index in [-0.39, 0.29) is 5.97 Å². The van der Waals surface area contributed by atoms with Crippen molar-refractivity contribution in [3.8, 4) is 0 Å². The molecule has 0 atom stereocenters. The highest BCUT2D eigenvalue weighted by molar-refractivity contribution is 7.77. The lowest BCUT2D eigenvalue weighted by molar-refractivity contribution is -0.142. The van der Waals surface area contributed by atoms with Crippen LogP contribution in [0.5, 0.6) is 0 Å². The molecule has 0 radical (unpaired) electrons. The second-order valence-electron chi connectivity index (χ2n) is 4.73. The summed E-state index contributed by atoms with van der Waals surface area (Å²) in [7, 11) is 0. The molecule has 1 aliphatic heterocycles. The van der Waals surface area contributed by atoms with Gasteiger partial charge in [0.1, 0.15) is 9.74 Å². The van der Waals surface area contributed by atoms with E-state index in [2.05, 4.69) is 4.90 Å². The molecular formula is C13H15NO3S4. The molecule has 0 aliphatic carbocycles. The first-order chi connectivity index (χ1) is 10.1. The molecule has 114 valence electrons. The number of fused-ring (bicyclic) bond motifs is 1. The molecule has 2 aromatic rings. The predicted molar refractivity (Wildman–Crippen MR) is 90.0 cm³/mol. The summed E-state index contributed by atoms with van der Waals surface area (Å²) in [6.07, 6.45) is 0. The van der Waals surface area contributed by atoms with Gasteiger partial charge in [-0.3, -0.25) is 9.69 Å². The van der Waals surface area contributed by atoms with Gasteiger partial charge in [0.25, 0.3) is 0 Å². The monoisotopic (exact) mass is 361 g/mol. The molecule has 1 saturated heterocycles. The van der Waals surface area contributed by atoms with Crippen LogP contribution >= 0.6 is 46.2 Å². The first-order valence-electron chi connectivity index (χ1n) is 6.61. The summed E-state index contributed by atoms with van der Waals surface area (Å²) in [6, 6.07) is 0. The van der Waals surface area contributed by atoms with E-state index in [0.29, 0.717) is 6.61 Å².